The highest BCUT2D eigenvalue weighted by atomic mass is 15.2. The van der Waals surface area contributed by atoms with Gasteiger partial charge in [-0.3, -0.25) is 0 Å². The zero-order chi connectivity index (χ0) is 42.4. The molecule has 0 aliphatic heterocycles. The maximum absolute atomic E-state index is 2.41. The van der Waals surface area contributed by atoms with E-state index in [9.17, 15) is 0 Å². The van der Waals surface area contributed by atoms with Gasteiger partial charge in [-0.25, -0.2) is 0 Å². The SMILES string of the molecule is CC1(c2ccc(N(C3=CCC(c4ccccc4)C=C3)c3ccc(-c4ccccc4)cc3)cc2)C=CC(N(c2ccc(-c3ccccc3)cc2)c2ccc(-c3ccccc3)cc2)=CC1. The van der Waals surface area contributed by atoms with E-state index in [0.29, 0.717) is 5.92 Å². The molecule has 2 aliphatic rings. The van der Waals surface area contributed by atoms with E-state index in [0.717, 1.165) is 35.6 Å². The lowest BCUT2D eigenvalue weighted by atomic mass is 9.76. The Morgan fingerprint density at radius 2 is 0.746 bits per heavy atom. The van der Waals surface area contributed by atoms with Crippen molar-refractivity contribution in [3.05, 3.63) is 277 Å². The number of anilines is 4. The first kappa shape index (κ1) is 39.5. The van der Waals surface area contributed by atoms with Crippen LogP contribution in [0.4, 0.5) is 22.7 Å². The lowest BCUT2D eigenvalue weighted by Crippen LogP contribution is -2.24. The predicted octanol–water partition coefficient (Wildman–Crippen LogP) is 16.4. The summed E-state index contributed by atoms with van der Waals surface area (Å²) in [6.45, 7) is 2.36. The van der Waals surface area contributed by atoms with E-state index in [-0.39, 0.29) is 5.41 Å². The van der Waals surface area contributed by atoms with Gasteiger partial charge in [0.15, 0.2) is 0 Å². The Hall–Kier alpha value is -7.68. The molecule has 8 aromatic carbocycles. The number of benzene rings is 8. The van der Waals surface area contributed by atoms with Crippen molar-refractivity contribution in [1.29, 1.82) is 0 Å². The van der Waals surface area contributed by atoms with Crippen LogP contribution in [0.1, 0.15) is 36.8 Å². The highest BCUT2D eigenvalue weighted by Crippen LogP contribution is 2.42. The van der Waals surface area contributed by atoms with Crippen molar-refractivity contribution < 1.29 is 0 Å². The van der Waals surface area contributed by atoms with Crippen molar-refractivity contribution in [3.8, 4) is 33.4 Å². The van der Waals surface area contributed by atoms with E-state index in [2.05, 4.69) is 272 Å². The molecular weight excluding hydrogens is 761 g/mol. The molecule has 0 radical (unpaired) electrons. The number of hydrogen-bond donors (Lipinski definition) is 0. The summed E-state index contributed by atoms with van der Waals surface area (Å²) in [6, 6.07) is 78.8. The van der Waals surface area contributed by atoms with Gasteiger partial charge in [0.2, 0.25) is 0 Å². The van der Waals surface area contributed by atoms with Crippen LogP contribution in [-0.4, -0.2) is 0 Å². The van der Waals surface area contributed by atoms with Gasteiger partial charge in [0, 0.05) is 45.5 Å². The fourth-order valence-electron chi connectivity index (χ4n) is 9.01. The fourth-order valence-corrected chi connectivity index (χ4v) is 9.01. The monoisotopic (exact) mass is 810 g/mol. The number of hydrogen-bond acceptors (Lipinski definition) is 2. The van der Waals surface area contributed by atoms with E-state index in [1.807, 2.05) is 0 Å². The lowest BCUT2D eigenvalue weighted by molar-refractivity contribution is 0.595. The molecule has 0 amide bonds. The van der Waals surface area contributed by atoms with Gasteiger partial charge in [-0.15, -0.1) is 0 Å². The van der Waals surface area contributed by atoms with Gasteiger partial charge < -0.3 is 9.80 Å². The van der Waals surface area contributed by atoms with Gasteiger partial charge in [-0.1, -0.05) is 201 Å². The van der Waals surface area contributed by atoms with E-state index in [1.165, 1.54) is 55.9 Å². The van der Waals surface area contributed by atoms with Gasteiger partial charge in [0.05, 0.1) is 0 Å². The smallest absolute Gasteiger partial charge is 0.0461 e. The summed E-state index contributed by atoms with van der Waals surface area (Å²) in [4.78, 5) is 4.79. The molecule has 0 saturated carbocycles. The third-order valence-corrected chi connectivity index (χ3v) is 12.7. The second-order valence-electron chi connectivity index (χ2n) is 16.8. The highest BCUT2D eigenvalue weighted by Gasteiger charge is 2.28. The first-order valence-electron chi connectivity index (χ1n) is 22.1. The molecule has 63 heavy (non-hydrogen) atoms. The van der Waals surface area contributed by atoms with Crippen LogP contribution in [0.2, 0.25) is 0 Å². The Morgan fingerprint density at radius 1 is 0.381 bits per heavy atom. The number of nitrogens with zero attached hydrogens (tertiary/aromatic N) is 2. The van der Waals surface area contributed by atoms with Crippen LogP contribution in [0.15, 0.2) is 266 Å². The zero-order valence-electron chi connectivity index (χ0n) is 35.6. The molecule has 304 valence electrons. The largest absolute Gasteiger partial charge is 0.311 e. The molecule has 8 aromatic rings. The van der Waals surface area contributed by atoms with Crippen LogP contribution in [-0.2, 0) is 5.41 Å². The topological polar surface area (TPSA) is 6.48 Å². The Labute approximate surface area is 372 Å². The van der Waals surface area contributed by atoms with Gasteiger partial charge in [0.25, 0.3) is 0 Å². The third kappa shape index (κ3) is 8.49. The summed E-state index contributed by atoms with van der Waals surface area (Å²) >= 11 is 0. The van der Waals surface area contributed by atoms with Crippen LogP contribution < -0.4 is 9.80 Å². The maximum Gasteiger partial charge on any atom is 0.0461 e. The van der Waals surface area contributed by atoms with Crippen molar-refractivity contribution in [3.63, 3.8) is 0 Å². The summed E-state index contributed by atoms with van der Waals surface area (Å²) in [7, 11) is 0. The molecule has 0 heterocycles. The highest BCUT2D eigenvalue weighted by molar-refractivity contribution is 5.77. The van der Waals surface area contributed by atoms with Crippen LogP contribution in [0, 0.1) is 0 Å². The fraction of sp³-hybridized carbons (Fsp3) is 0.0820. The molecule has 0 fully saturated rings. The zero-order valence-corrected chi connectivity index (χ0v) is 35.6. The normalized spacial score (nSPS) is 16.8. The van der Waals surface area contributed by atoms with Gasteiger partial charge >= 0.3 is 0 Å². The Morgan fingerprint density at radius 3 is 1.11 bits per heavy atom. The molecule has 0 spiro atoms. The maximum atomic E-state index is 2.41. The molecule has 2 unspecified atom stereocenters. The number of allylic oxidation sites excluding steroid dienone is 6. The molecule has 10 rings (SSSR count). The first-order valence-corrected chi connectivity index (χ1v) is 22.1. The number of rotatable bonds is 11. The lowest BCUT2D eigenvalue weighted by Gasteiger charge is -2.34. The molecule has 2 nitrogen and oxygen atoms in total. The van der Waals surface area contributed by atoms with Crippen LogP contribution in [0.3, 0.4) is 0 Å². The Kier molecular flexibility index (Phi) is 11.1. The van der Waals surface area contributed by atoms with Crippen LogP contribution in [0.5, 0.6) is 0 Å². The van der Waals surface area contributed by atoms with Crippen molar-refractivity contribution in [2.24, 2.45) is 0 Å². The average Bonchev–Trinajstić information content (AvgIpc) is 3.37. The molecule has 0 saturated heterocycles. The molecular formula is C61H50N2. The first-order chi connectivity index (χ1) is 31.1. The van der Waals surface area contributed by atoms with Gasteiger partial charge in [-0.2, -0.15) is 0 Å². The van der Waals surface area contributed by atoms with Crippen molar-refractivity contribution in [2.75, 3.05) is 9.80 Å². The van der Waals surface area contributed by atoms with E-state index >= 15 is 0 Å². The minimum absolute atomic E-state index is 0.170. The van der Waals surface area contributed by atoms with Crippen molar-refractivity contribution in [1.82, 2.24) is 0 Å². The van der Waals surface area contributed by atoms with Crippen LogP contribution in [0.25, 0.3) is 33.4 Å². The molecule has 0 N–H and O–H groups in total. The van der Waals surface area contributed by atoms with E-state index < -0.39 is 0 Å². The summed E-state index contributed by atoms with van der Waals surface area (Å²) in [5, 5.41) is 0. The van der Waals surface area contributed by atoms with Gasteiger partial charge in [0.1, 0.15) is 0 Å². The quantitative estimate of drug-likeness (QED) is 0.128. The van der Waals surface area contributed by atoms with Crippen molar-refractivity contribution >= 4 is 22.7 Å². The Balaban J connectivity index is 0.935. The summed E-state index contributed by atoms with van der Waals surface area (Å²) < 4.78 is 0. The molecule has 2 aliphatic carbocycles. The predicted molar refractivity (Wildman–Crippen MR) is 267 cm³/mol. The third-order valence-electron chi connectivity index (χ3n) is 12.7. The summed E-state index contributed by atoms with van der Waals surface area (Å²) in [5.41, 5.74) is 16.6. The van der Waals surface area contributed by atoms with E-state index in [1.54, 1.807) is 0 Å². The second kappa shape index (κ2) is 17.7. The summed E-state index contributed by atoms with van der Waals surface area (Å²) in [6.07, 6.45) is 16.0. The van der Waals surface area contributed by atoms with Crippen molar-refractivity contribution in [2.45, 2.75) is 31.1 Å². The molecule has 2 heteroatoms. The average molecular weight is 811 g/mol. The van der Waals surface area contributed by atoms with E-state index in [4.69, 9.17) is 0 Å². The second-order valence-corrected chi connectivity index (χ2v) is 16.8. The molecule has 0 bridgehead atoms. The van der Waals surface area contributed by atoms with Crippen LogP contribution >= 0.6 is 0 Å². The molecule has 0 aromatic heterocycles. The molecule has 2 atom stereocenters. The minimum atomic E-state index is -0.170. The summed E-state index contributed by atoms with van der Waals surface area (Å²) in [5.74, 6) is 0.369. The Bertz CT molecular complexity index is 2810. The standard InChI is InChI=1S/C61H50N2/c1-61(44-42-60(43-45-61)63(57-36-26-52(27-37-57)48-18-10-4-11-19-48)58-38-28-53(29-39-58)49-20-12-5-13-21-49)54-30-40-59(41-31-54)62(55-32-22-50(23-33-55)46-14-6-2-7-15-46)56-34-24-51(25-35-56)47-16-8-3-9-17-47/h2-24,26-44,51H,25,45H2,1H3. The van der Waals surface area contributed by atoms with Gasteiger partial charge in [-0.05, 0) is 118 Å². The minimum Gasteiger partial charge on any atom is -0.311 e.